The minimum Gasteiger partial charge on any atom is -0.362 e. The number of hydrogen-bond donors (Lipinski definition) is 1. The molecule has 0 aromatic carbocycles. The predicted octanol–water partition coefficient (Wildman–Crippen LogP) is 3.42. The maximum absolute atomic E-state index is 4.94. The zero-order valence-electron chi connectivity index (χ0n) is 7.58. The smallest absolute Gasteiger partial charge is 0.169 e. The van der Waals surface area contributed by atoms with E-state index in [-0.39, 0.29) is 0 Å². The highest BCUT2D eigenvalue weighted by Crippen LogP contribution is 2.23. The standard InChI is InChI=1S/C9H9BrN2OS/c1-6-4-9(12-13-6)11-5-8-7(10)2-3-14-8/h2-4H,5H2,1H3,(H,11,12). The molecule has 5 heteroatoms. The van der Waals surface area contributed by atoms with Gasteiger partial charge in [0.15, 0.2) is 5.82 Å². The zero-order chi connectivity index (χ0) is 9.97. The van der Waals surface area contributed by atoms with Gasteiger partial charge in [0.25, 0.3) is 0 Å². The van der Waals surface area contributed by atoms with Gasteiger partial charge >= 0.3 is 0 Å². The molecule has 0 aliphatic rings. The Morgan fingerprint density at radius 3 is 3.07 bits per heavy atom. The summed E-state index contributed by atoms with van der Waals surface area (Å²) in [5.74, 6) is 1.60. The molecule has 74 valence electrons. The van der Waals surface area contributed by atoms with Crippen LogP contribution in [0.15, 0.2) is 26.5 Å². The summed E-state index contributed by atoms with van der Waals surface area (Å²) in [5, 5.41) is 9.08. The highest BCUT2D eigenvalue weighted by molar-refractivity contribution is 9.10. The molecule has 0 spiro atoms. The van der Waals surface area contributed by atoms with Crippen LogP contribution in [0.5, 0.6) is 0 Å². The first-order valence-electron chi connectivity index (χ1n) is 4.15. The Morgan fingerprint density at radius 1 is 1.64 bits per heavy atom. The van der Waals surface area contributed by atoms with Crippen molar-refractivity contribution in [3.8, 4) is 0 Å². The number of thiophene rings is 1. The lowest BCUT2D eigenvalue weighted by atomic mass is 10.4. The minimum absolute atomic E-state index is 0.768. The van der Waals surface area contributed by atoms with Gasteiger partial charge in [0.2, 0.25) is 0 Å². The third-order valence-corrected chi connectivity index (χ3v) is 3.68. The van der Waals surface area contributed by atoms with Gasteiger partial charge in [0, 0.05) is 15.4 Å². The van der Waals surface area contributed by atoms with E-state index in [9.17, 15) is 0 Å². The summed E-state index contributed by atoms with van der Waals surface area (Å²) in [6.45, 7) is 2.64. The molecule has 3 nitrogen and oxygen atoms in total. The third kappa shape index (κ3) is 2.16. The molecular formula is C9H9BrN2OS. The van der Waals surface area contributed by atoms with Crippen molar-refractivity contribution < 1.29 is 4.52 Å². The highest BCUT2D eigenvalue weighted by Gasteiger charge is 2.03. The van der Waals surface area contributed by atoms with Crippen molar-refractivity contribution in [3.05, 3.63) is 32.6 Å². The summed E-state index contributed by atoms with van der Waals surface area (Å²) in [5.41, 5.74) is 0. The molecule has 0 saturated heterocycles. The molecule has 0 atom stereocenters. The van der Waals surface area contributed by atoms with E-state index in [1.165, 1.54) is 4.88 Å². The van der Waals surface area contributed by atoms with E-state index in [1.54, 1.807) is 11.3 Å². The molecule has 0 aliphatic heterocycles. The molecular weight excluding hydrogens is 264 g/mol. The maximum Gasteiger partial charge on any atom is 0.169 e. The Labute approximate surface area is 94.2 Å². The number of nitrogens with zero attached hydrogens (tertiary/aromatic N) is 1. The molecule has 0 aliphatic carbocycles. The average molecular weight is 273 g/mol. The quantitative estimate of drug-likeness (QED) is 0.931. The molecule has 2 aromatic rings. The van der Waals surface area contributed by atoms with Crippen molar-refractivity contribution in [1.82, 2.24) is 5.16 Å². The minimum atomic E-state index is 0.768. The second kappa shape index (κ2) is 4.14. The largest absolute Gasteiger partial charge is 0.362 e. The van der Waals surface area contributed by atoms with Gasteiger partial charge in [0.05, 0.1) is 6.54 Å². The molecule has 0 bridgehead atoms. The van der Waals surface area contributed by atoms with Gasteiger partial charge in [-0.25, -0.2) is 0 Å². The number of anilines is 1. The molecule has 0 amide bonds. The number of rotatable bonds is 3. The van der Waals surface area contributed by atoms with Crippen LogP contribution in [0.25, 0.3) is 0 Å². The molecule has 14 heavy (non-hydrogen) atoms. The fraction of sp³-hybridized carbons (Fsp3) is 0.222. The molecule has 0 fully saturated rings. The zero-order valence-corrected chi connectivity index (χ0v) is 9.98. The van der Waals surface area contributed by atoms with Gasteiger partial charge in [-0.1, -0.05) is 5.16 Å². The van der Waals surface area contributed by atoms with E-state index in [1.807, 2.05) is 19.1 Å². The van der Waals surface area contributed by atoms with Crippen molar-refractivity contribution in [3.63, 3.8) is 0 Å². The Kier molecular flexibility index (Phi) is 2.88. The van der Waals surface area contributed by atoms with Crippen molar-refractivity contribution in [2.45, 2.75) is 13.5 Å². The van der Waals surface area contributed by atoms with Crippen LogP contribution < -0.4 is 5.32 Å². The summed E-state index contributed by atoms with van der Waals surface area (Å²) < 4.78 is 6.08. The number of aromatic nitrogens is 1. The van der Waals surface area contributed by atoms with E-state index >= 15 is 0 Å². The van der Waals surface area contributed by atoms with Crippen LogP contribution in [0.2, 0.25) is 0 Å². The Bertz CT molecular complexity index is 424. The Balaban J connectivity index is 1.98. The number of hydrogen-bond acceptors (Lipinski definition) is 4. The van der Waals surface area contributed by atoms with E-state index in [0.29, 0.717) is 0 Å². The van der Waals surface area contributed by atoms with Crippen LogP contribution in [0.4, 0.5) is 5.82 Å². The first-order chi connectivity index (χ1) is 6.75. The number of aryl methyl sites for hydroxylation is 1. The Hall–Kier alpha value is -0.810. The molecule has 0 unspecified atom stereocenters. The van der Waals surface area contributed by atoms with Crippen molar-refractivity contribution in [1.29, 1.82) is 0 Å². The summed E-state index contributed by atoms with van der Waals surface area (Å²) in [4.78, 5) is 1.26. The third-order valence-electron chi connectivity index (χ3n) is 1.75. The summed E-state index contributed by atoms with van der Waals surface area (Å²) >= 11 is 5.18. The van der Waals surface area contributed by atoms with Crippen molar-refractivity contribution in [2.24, 2.45) is 0 Å². The molecule has 2 rings (SSSR count). The summed E-state index contributed by atoms with van der Waals surface area (Å²) in [6.07, 6.45) is 0. The molecule has 0 saturated carbocycles. The van der Waals surface area contributed by atoms with E-state index < -0.39 is 0 Å². The number of nitrogens with one attached hydrogen (secondary N) is 1. The van der Waals surface area contributed by atoms with Crippen LogP contribution >= 0.6 is 27.3 Å². The highest BCUT2D eigenvalue weighted by atomic mass is 79.9. The second-order valence-electron chi connectivity index (χ2n) is 2.87. The maximum atomic E-state index is 4.94. The van der Waals surface area contributed by atoms with Gasteiger partial charge in [-0.15, -0.1) is 11.3 Å². The van der Waals surface area contributed by atoms with Crippen LogP contribution in [0.1, 0.15) is 10.6 Å². The van der Waals surface area contributed by atoms with Crippen molar-refractivity contribution >= 4 is 33.1 Å². The average Bonchev–Trinajstić information content (AvgIpc) is 2.72. The molecule has 0 radical (unpaired) electrons. The number of halogens is 1. The molecule has 2 aromatic heterocycles. The fourth-order valence-corrected chi connectivity index (χ4v) is 2.50. The predicted molar refractivity (Wildman–Crippen MR) is 60.6 cm³/mol. The molecule has 2 heterocycles. The van der Waals surface area contributed by atoms with E-state index in [2.05, 4.69) is 31.8 Å². The lowest BCUT2D eigenvalue weighted by Gasteiger charge is -1.99. The van der Waals surface area contributed by atoms with Gasteiger partial charge in [0.1, 0.15) is 5.76 Å². The van der Waals surface area contributed by atoms with E-state index in [0.717, 1.165) is 22.6 Å². The summed E-state index contributed by atoms with van der Waals surface area (Å²) in [7, 11) is 0. The van der Waals surface area contributed by atoms with Gasteiger partial charge in [-0.3, -0.25) is 0 Å². The molecule has 1 N–H and O–H groups in total. The topological polar surface area (TPSA) is 38.1 Å². The lowest BCUT2D eigenvalue weighted by molar-refractivity contribution is 0.399. The van der Waals surface area contributed by atoms with Gasteiger partial charge in [-0.05, 0) is 34.3 Å². The van der Waals surface area contributed by atoms with Crippen LogP contribution in [0, 0.1) is 6.92 Å². The van der Waals surface area contributed by atoms with Crippen LogP contribution in [-0.4, -0.2) is 5.16 Å². The van der Waals surface area contributed by atoms with Crippen LogP contribution in [0.3, 0.4) is 0 Å². The monoisotopic (exact) mass is 272 g/mol. The Morgan fingerprint density at radius 2 is 2.50 bits per heavy atom. The first-order valence-corrected chi connectivity index (χ1v) is 5.82. The van der Waals surface area contributed by atoms with Gasteiger partial charge in [-0.2, -0.15) is 0 Å². The first kappa shape index (κ1) is 9.73. The fourth-order valence-electron chi connectivity index (χ4n) is 1.07. The van der Waals surface area contributed by atoms with E-state index in [4.69, 9.17) is 4.52 Å². The van der Waals surface area contributed by atoms with Crippen LogP contribution in [-0.2, 0) is 6.54 Å². The normalized spacial score (nSPS) is 10.4. The lowest BCUT2D eigenvalue weighted by Crippen LogP contribution is -1.97. The summed E-state index contributed by atoms with van der Waals surface area (Å²) in [6, 6.07) is 3.91. The SMILES string of the molecule is Cc1cc(NCc2sccc2Br)no1. The van der Waals surface area contributed by atoms with Gasteiger partial charge < -0.3 is 9.84 Å². The van der Waals surface area contributed by atoms with Crippen molar-refractivity contribution in [2.75, 3.05) is 5.32 Å². The second-order valence-corrected chi connectivity index (χ2v) is 4.72.